The van der Waals surface area contributed by atoms with Crippen molar-refractivity contribution in [2.75, 3.05) is 0 Å². The van der Waals surface area contributed by atoms with Crippen LogP contribution in [0, 0.1) is 0 Å². The van der Waals surface area contributed by atoms with Crippen LogP contribution in [0.5, 0.6) is 0 Å². The highest BCUT2D eigenvalue weighted by Gasteiger charge is 2.23. The number of rotatable bonds is 8. The molecule has 0 bridgehead atoms. The monoisotopic (exact) mass is 430 g/mol. The van der Waals surface area contributed by atoms with Gasteiger partial charge in [-0.1, -0.05) is 30.3 Å². The van der Waals surface area contributed by atoms with Crippen LogP contribution in [0.1, 0.15) is 49.5 Å². The average molecular weight is 430 g/mol. The second-order valence-electron chi connectivity index (χ2n) is 7.97. The van der Waals surface area contributed by atoms with E-state index in [1.807, 2.05) is 0 Å². The van der Waals surface area contributed by atoms with Gasteiger partial charge in [0, 0.05) is 18.5 Å². The smallest absolute Gasteiger partial charge is 0.407 e. The molecule has 0 heterocycles. The summed E-state index contributed by atoms with van der Waals surface area (Å²) in [7, 11) is 0. The summed E-state index contributed by atoms with van der Waals surface area (Å²) >= 11 is 0. The first-order chi connectivity index (χ1) is 14.5. The molecule has 9 nitrogen and oxygen atoms in total. The molecule has 0 fully saturated rings. The minimum absolute atomic E-state index is 0.174. The Morgan fingerprint density at radius 2 is 1.65 bits per heavy atom. The van der Waals surface area contributed by atoms with E-state index in [1.54, 1.807) is 57.2 Å². The van der Waals surface area contributed by atoms with E-state index < -0.39 is 35.6 Å². The van der Waals surface area contributed by atoms with Gasteiger partial charge in [-0.25, -0.2) is 9.59 Å². The maximum Gasteiger partial charge on any atom is 0.407 e. The summed E-state index contributed by atoms with van der Waals surface area (Å²) in [5.74, 6) is -3.08. The summed E-state index contributed by atoms with van der Waals surface area (Å²) in [5, 5.41) is 24.4. The van der Waals surface area contributed by atoms with Gasteiger partial charge in [0.05, 0.1) is 0 Å². The zero-order valence-electron chi connectivity index (χ0n) is 17.6. The number of amides is 2. The molecule has 2 aromatic carbocycles. The van der Waals surface area contributed by atoms with Crippen LogP contribution in [0.15, 0.2) is 36.4 Å². The predicted octanol–water partition coefficient (Wildman–Crippen LogP) is 2.91. The van der Waals surface area contributed by atoms with Gasteiger partial charge in [0.2, 0.25) is 0 Å². The van der Waals surface area contributed by atoms with E-state index in [1.165, 1.54) is 0 Å². The fraction of sp³-hybridized carbons (Fsp3) is 0.364. The van der Waals surface area contributed by atoms with E-state index in [-0.39, 0.29) is 24.9 Å². The molecule has 31 heavy (non-hydrogen) atoms. The molecular formula is C22H26N2O7. The number of carboxylic acids is 2. The summed E-state index contributed by atoms with van der Waals surface area (Å²) in [6.07, 6.45) is -1.18. The second-order valence-corrected chi connectivity index (χ2v) is 7.97. The largest absolute Gasteiger partial charge is 0.481 e. The number of ether oxygens (including phenoxy) is 1. The zero-order chi connectivity index (χ0) is 23.2. The number of fused-ring (bicyclic) bond motifs is 1. The van der Waals surface area contributed by atoms with Crippen LogP contribution in [0.2, 0.25) is 0 Å². The van der Waals surface area contributed by atoms with Crippen molar-refractivity contribution in [3.05, 3.63) is 47.5 Å². The molecule has 0 saturated carbocycles. The van der Waals surface area contributed by atoms with E-state index in [4.69, 9.17) is 9.84 Å². The Labute approximate surface area is 179 Å². The standard InChI is InChI=1S/C22H26N2O7/c1-22(2,3)31-21(30)23-12-13-8-9-16(15-7-5-4-6-14(13)15)19(27)24-17(20(28)29)10-11-18(25)26/h4-9,17H,10-12H2,1-3H3,(H,23,30)(H,24,27)(H,25,26)(H,28,29)/t17-/m0/s1. The molecule has 0 unspecified atom stereocenters. The van der Waals surface area contributed by atoms with Crippen molar-refractivity contribution in [3.63, 3.8) is 0 Å². The molecule has 0 aliphatic rings. The molecule has 4 N–H and O–H groups in total. The van der Waals surface area contributed by atoms with Gasteiger partial charge in [0.25, 0.3) is 5.91 Å². The van der Waals surface area contributed by atoms with Gasteiger partial charge in [-0.3, -0.25) is 9.59 Å². The Hall–Kier alpha value is -3.62. The number of carbonyl (C=O) groups is 4. The highest BCUT2D eigenvalue weighted by Crippen LogP contribution is 2.23. The third-order valence-electron chi connectivity index (χ3n) is 4.33. The second kappa shape index (κ2) is 9.92. The lowest BCUT2D eigenvalue weighted by atomic mass is 9.98. The molecule has 166 valence electrons. The zero-order valence-corrected chi connectivity index (χ0v) is 17.6. The lowest BCUT2D eigenvalue weighted by Crippen LogP contribution is -2.41. The van der Waals surface area contributed by atoms with Crippen LogP contribution < -0.4 is 10.6 Å². The molecule has 9 heteroatoms. The van der Waals surface area contributed by atoms with Gasteiger partial charge >= 0.3 is 18.0 Å². The lowest BCUT2D eigenvalue weighted by molar-refractivity contribution is -0.140. The van der Waals surface area contributed by atoms with E-state index in [0.717, 1.165) is 5.56 Å². The van der Waals surface area contributed by atoms with Gasteiger partial charge in [-0.2, -0.15) is 0 Å². The number of carboxylic acid groups (broad SMARTS) is 2. The Morgan fingerprint density at radius 1 is 1.00 bits per heavy atom. The number of hydrogen-bond acceptors (Lipinski definition) is 5. The van der Waals surface area contributed by atoms with Crippen molar-refractivity contribution in [3.8, 4) is 0 Å². The SMILES string of the molecule is CC(C)(C)OC(=O)NCc1ccc(C(=O)N[C@@H](CCC(=O)O)C(=O)O)c2ccccc12. The molecule has 0 aromatic heterocycles. The third kappa shape index (κ3) is 6.98. The van der Waals surface area contributed by atoms with E-state index in [0.29, 0.717) is 10.8 Å². The lowest BCUT2D eigenvalue weighted by Gasteiger charge is -2.20. The Balaban J connectivity index is 2.23. The Kier molecular flexibility index (Phi) is 7.57. The van der Waals surface area contributed by atoms with Crippen LogP contribution in [0.25, 0.3) is 10.8 Å². The summed E-state index contributed by atoms with van der Waals surface area (Å²) < 4.78 is 5.23. The molecule has 2 rings (SSSR count). The summed E-state index contributed by atoms with van der Waals surface area (Å²) in [6, 6.07) is 8.92. The minimum atomic E-state index is -1.32. The molecule has 2 aromatic rings. The Bertz CT molecular complexity index is 995. The molecule has 1 atom stereocenters. The predicted molar refractivity (Wildman–Crippen MR) is 113 cm³/mol. The van der Waals surface area contributed by atoms with E-state index in [2.05, 4.69) is 10.6 Å². The van der Waals surface area contributed by atoms with Gasteiger partial charge in [-0.05, 0) is 49.6 Å². The normalized spacial score (nSPS) is 12.1. The molecular weight excluding hydrogens is 404 g/mol. The molecule has 0 radical (unpaired) electrons. The minimum Gasteiger partial charge on any atom is -0.481 e. The van der Waals surface area contributed by atoms with Crippen LogP contribution in [-0.4, -0.2) is 45.8 Å². The summed E-state index contributed by atoms with van der Waals surface area (Å²) in [4.78, 5) is 46.8. The fourth-order valence-electron chi connectivity index (χ4n) is 2.96. The highest BCUT2D eigenvalue weighted by molar-refractivity contribution is 6.08. The number of benzene rings is 2. The van der Waals surface area contributed by atoms with Gasteiger partial charge in [0.15, 0.2) is 0 Å². The maximum atomic E-state index is 12.7. The molecule has 0 aliphatic carbocycles. The van der Waals surface area contributed by atoms with Gasteiger partial charge in [0.1, 0.15) is 11.6 Å². The maximum absolute atomic E-state index is 12.7. The van der Waals surface area contributed by atoms with Crippen LogP contribution in [0.4, 0.5) is 4.79 Å². The number of alkyl carbamates (subject to hydrolysis) is 1. The van der Waals surface area contributed by atoms with Crippen molar-refractivity contribution in [1.82, 2.24) is 10.6 Å². The Morgan fingerprint density at radius 3 is 2.23 bits per heavy atom. The molecule has 2 amide bonds. The van der Waals surface area contributed by atoms with Crippen molar-refractivity contribution in [1.29, 1.82) is 0 Å². The number of aliphatic carboxylic acids is 2. The van der Waals surface area contributed by atoms with Crippen molar-refractivity contribution >= 4 is 34.7 Å². The number of carbonyl (C=O) groups excluding carboxylic acids is 2. The summed E-state index contributed by atoms with van der Waals surface area (Å²) in [5.41, 5.74) is 0.368. The van der Waals surface area contributed by atoms with E-state index in [9.17, 15) is 24.3 Å². The first-order valence-corrected chi connectivity index (χ1v) is 9.71. The average Bonchev–Trinajstić information content (AvgIpc) is 2.67. The number of hydrogen-bond donors (Lipinski definition) is 4. The van der Waals surface area contributed by atoms with Crippen molar-refractivity contribution in [2.45, 2.75) is 51.8 Å². The van der Waals surface area contributed by atoms with Crippen LogP contribution in [-0.2, 0) is 20.9 Å². The molecule has 0 saturated heterocycles. The van der Waals surface area contributed by atoms with Crippen LogP contribution in [0.3, 0.4) is 0 Å². The topological polar surface area (TPSA) is 142 Å². The molecule has 0 aliphatic heterocycles. The fourth-order valence-corrected chi connectivity index (χ4v) is 2.96. The van der Waals surface area contributed by atoms with Crippen LogP contribution >= 0.6 is 0 Å². The highest BCUT2D eigenvalue weighted by atomic mass is 16.6. The van der Waals surface area contributed by atoms with Crippen molar-refractivity contribution in [2.24, 2.45) is 0 Å². The van der Waals surface area contributed by atoms with E-state index >= 15 is 0 Å². The first-order valence-electron chi connectivity index (χ1n) is 9.71. The number of nitrogens with one attached hydrogen (secondary N) is 2. The quantitative estimate of drug-likeness (QED) is 0.504. The third-order valence-corrected chi connectivity index (χ3v) is 4.33. The van der Waals surface area contributed by atoms with Crippen molar-refractivity contribution < 1.29 is 34.1 Å². The summed E-state index contributed by atoms with van der Waals surface area (Å²) in [6.45, 7) is 5.45. The van der Waals surface area contributed by atoms with Gasteiger partial charge < -0.3 is 25.6 Å². The first kappa shape index (κ1) is 23.7. The van der Waals surface area contributed by atoms with Gasteiger partial charge in [-0.15, -0.1) is 0 Å². The molecule has 0 spiro atoms.